The van der Waals surface area contributed by atoms with Crippen molar-refractivity contribution in [2.75, 3.05) is 13.7 Å². The Labute approximate surface area is 178 Å². The first-order valence-electron chi connectivity index (χ1n) is 9.97. The van der Waals surface area contributed by atoms with Crippen LogP contribution in [0.1, 0.15) is 31.7 Å². The molecule has 4 rings (SSSR count). The smallest absolute Gasteiger partial charge is 0.291 e. The zero-order valence-electron chi connectivity index (χ0n) is 17.0. The molecule has 0 bridgehead atoms. The number of ether oxygens (including phenoxy) is 2. The van der Waals surface area contributed by atoms with Crippen LogP contribution in [0.3, 0.4) is 0 Å². The number of thiazole rings is 1. The summed E-state index contributed by atoms with van der Waals surface area (Å²) in [6.45, 7) is 2.82. The Morgan fingerprint density at radius 1 is 1.10 bits per heavy atom. The highest BCUT2D eigenvalue weighted by Crippen LogP contribution is 2.28. The lowest BCUT2D eigenvalue weighted by molar-refractivity contribution is 0.286. The van der Waals surface area contributed by atoms with E-state index in [1.54, 1.807) is 7.11 Å². The van der Waals surface area contributed by atoms with Gasteiger partial charge < -0.3 is 9.47 Å². The van der Waals surface area contributed by atoms with Crippen LogP contribution < -0.4 is 19.6 Å². The standard InChI is InChI=1S/C23H23N3O3S/c1-3-4-8-13-29-18-12-11-16(14-19(18)28-2)15-20-22(27)26-23(30-20)24-21(25-26)17-9-6-5-7-10-17/h5-7,9-12,14-15H,3-4,8,13H2,1-2H3/b20-15+. The quantitative estimate of drug-likeness (QED) is 0.403. The molecule has 30 heavy (non-hydrogen) atoms. The summed E-state index contributed by atoms with van der Waals surface area (Å²) >= 11 is 1.32. The number of aromatic nitrogens is 3. The van der Waals surface area contributed by atoms with Gasteiger partial charge in [-0.05, 0) is 30.2 Å². The zero-order chi connectivity index (χ0) is 20.9. The summed E-state index contributed by atoms with van der Waals surface area (Å²) in [6.07, 6.45) is 5.13. The first-order valence-corrected chi connectivity index (χ1v) is 10.8. The highest BCUT2D eigenvalue weighted by atomic mass is 32.1. The van der Waals surface area contributed by atoms with Gasteiger partial charge in [-0.3, -0.25) is 4.79 Å². The van der Waals surface area contributed by atoms with Gasteiger partial charge in [0.05, 0.1) is 18.2 Å². The molecule has 0 radical (unpaired) electrons. The summed E-state index contributed by atoms with van der Waals surface area (Å²) in [4.78, 5) is 17.9. The van der Waals surface area contributed by atoms with Crippen LogP contribution >= 0.6 is 11.3 Å². The van der Waals surface area contributed by atoms with Crippen LogP contribution in [0.4, 0.5) is 0 Å². The van der Waals surface area contributed by atoms with E-state index in [4.69, 9.17) is 9.47 Å². The maximum atomic E-state index is 12.8. The monoisotopic (exact) mass is 421 g/mol. The number of benzene rings is 2. The molecule has 6 nitrogen and oxygen atoms in total. The van der Waals surface area contributed by atoms with E-state index >= 15 is 0 Å². The molecule has 0 aliphatic heterocycles. The van der Waals surface area contributed by atoms with Crippen molar-refractivity contribution in [2.45, 2.75) is 26.2 Å². The second kappa shape index (κ2) is 9.09. The molecule has 2 aromatic carbocycles. The van der Waals surface area contributed by atoms with E-state index in [0.717, 1.165) is 30.4 Å². The third-order valence-corrected chi connectivity index (χ3v) is 5.66. The molecule has 0 aliphatic rings. The van der Waals surface area contributed by atoms with Crippen molar-refractivity contribution in [3.8, 4) is 22.9 Å². The van der Waals surface area contributed by atoms with Crippen molar-refractivity contribution in [1.29, 1.82) is 0 Å². The second-order valence-corrected chi connectivity index (χ2v) is 7.89. The summed E-state index contributed by atoms with van der Waals surface area (Å²) in [6, 6.07) is 15.3. The average molecular weight is 422 g/mol. The molecule has 2 heterocycles. The Bertz CT molecular complexity index is 1250. The first-order chi connectivity index (χ1) is 14.7. The molecule has 0 aliphatic carbocycles. The maximum Gasteiger partial charge on any atom is 0.291 e. The molecule has 0 unspecified atom stereocenters. The summed E-state index contributed by atoms with van der Waals surface area (Å²) in [7, 11) is 1.62. The van der Waals surface area contributed by atoms with E-state index in [0.29, 0.717) is 33.4 Å². The number of hydrogen-bond donors (Lipinski definition) is 0. The molecule has 2 aromatic heterocycles. The number of nitrogens with zero attached hydrogens (tertiary/aromatic N) is 3. The Hall–Kier alpha value is -3.19. The minimum atomic E-state index is -0.177. The molecule has 7 heteroatoms. The summed E-state index contributed by atoms with van der Waals surface area (Å²) in [5, 5.41) is 4.38. The van der Waals surface area contributed by atoms with Crippen molar-refractivity contribution in [3.05, 3.63) is 69.0 Å². The van der Waals surface area contributed by atoms with E-state index in [2.05, 4.69) is 17.0 Å². The molecular formula is C23H23N3O3S. The van der Waals surface area contributed by atoms with Gasteiger partial charge in [0.1, 0.15) is 0 Å². The van der Waals surface area contributed by atoms with Crippen molar-refractivity contribution in [3.63, 3.8) is 0 Å². The lowest BCUT2D eigenvalue weighted by Crippen LogP contribution is -2.23. The lowest BCUT2D eigenvalue weighted by Gasteiger charge is -2.11. The van der Waals surface area contributed by atoms with E-state index in [9.17, 15) is 4.79 Å². The average Bonchev–Trinajstić information content (AvgIpc) is 3.32. The van der Waals surface area contributed by atoms with Crippen molar-refractivity contribution in [1.82, 2.24) is 14.6 Å². The van der Waals surface area contributed by atoms with Gasteiger partial charge in [-0.25, -0.2) is 0 Å². The van der Waals surface area contributed by atoms with Crippen molar-refractivity contribution >= 4 is 22.4 Å². The number of rotatable bonds is 8. The molecule has 0 saturated heterocycles. The van der Waals surface area contributed by atoms with Crippen LogP contribution in [0.2, 0.25) is 0 Å². The first kappa shape index (κ1) is 20.1. The largest absolute Gasteiger partial charge is 0.493 e. The summed E-state index contributed by atoms with van der Waals surface area (Å²) in [5.41, 5.74) is 1.57. The Balaban J connectivity index is 1.62. The van der Waals surface area contributed by atoms with Gasteiger partial charge in [0.15, 0.2) is 17.3 Å². The third kappa shape index (κ3) is 4.21. The van der Waals surface area contributed by atoms with Crippen molar-refractivity contribution in [2.24, 2.45) is 0 Å². The Kier molecular flexibility index (Phi) is 6.09. The van der Waals surface area contributed by atoms with Gasteiger partial charge in [-0.15, -0.1) is 5.10 Å². The fourth-order valence-electron chi connectivity index (χ4n) is 3.12. The van der Waals surface area contributed by atoms with Crippen molar-refractivity contribution < 1.29 is 9.47 Å². The fourth-order valence-corrected chi connectivity index (χ4v) is 4.03. The number of unbranched alkanes of at least 4 members (excludes halogenated alkanes) is 2. The van der Waals surface area contributed by atoms with Crippen LogP contribution in [-0.4, -0.2) is 28.3 Å². The molecule has 154 valence electrons. The second-order valence-electron chi connectivity index (χ2n) is 6.88. The van der Waals surface area contributed by atoms with E-state index < -0.39 is 0 Å². The molecule has 0 saturated carbocycles. The van der Waals surface area contributed by atoms with Crippen LogP contribution in [0.5, 0.6) is 11.5 Å². The zero-order valence-corrected chi connectivity index (χ0v) is 17.8. The van der Waals surface area contributed by atoms with E-state index in [1.165, 1.54) is 15.9 Å². The molecule has 0 fully saturated rings. The minimum Gasteiger partial charge on any atom is -0.493 e. The van der Waals surface area contributed by atoms with Gasteiger partial charge in [0.25, 0.3) is 5.56 Å². The minimum absolute atomic E-state index is 0.177. The van der Waals surface area contributed by atoms with Crippen LogP contribution in [0.15, 0.2) is 53.3 Å². The predicted molar refractivity (Wildman–Crippen MR) is 119 cm³/mol. The van der Waals surface area contributed by atoms with Crippen LogP contribution in [0, 0.1) is 0 Å². The van der Waals surface area contributed by atoms with E-state index in [-0.39, 0.29) is 5.56 Å². The Morgan fingerprint density at radius 3 is 2.67 bits per heavy atom. The van der Waals surface area contributed by atoms with Gasteiger partial charge in [0.2, 0.25) is 4.96 Å². The van der Waals surface area contributed by atoms with Crippen LogP contribution in [0.25, 0.3) is 22.4 Å². The number of hydrogen-bond acceptors (Lipinski definition) is 6. The molecule has 0 amide bonds. The van der Waals surface area contributed by atoms with Gasteiger partial charge in [-0.2, -0.15) is 9.50 Å². The Morgan fingerprint density at radius 2 is 1.93 bits per heavy atom. The normalized spacial score (nSPS) is 11.9. The highest BCUT2D eigenvalue weighted by Gasteiger charge is 2.12. The highest BCUT2D eigenvalue weighted by molar-refractivity contribution is 7.15. The lowest BCUT2D eigenvalue weighted by atomic mass is 10.2. The van der Waals surface area contributed by atoms with Gasteiger partial charge in [-0.1, -0.05) is 67.5 Å². The maximum absolute atomic E-state index is 12.8. The van der Waals surface area contributed by atoms with E-state index in [1.807, 2.05) is 54.6 Å². The summed E-state index contributed by atoms with van der Waals surface area (Å²) < 4.78 is 13.2. The van der Waals surface area contributed by atoms with Gasteiger partial charge in [0, 0.05) is 5.56 Å². The third-order valence-electron chi connectivity index (χ3n) is 4.70. The molecular weight excluding hydrogens is 398 g/mol. The van der Waals surface area contributed by atoms with Gasteiger partial charge >= 0.3 is 0 Å². The SMILES string of the molecule is CCCCCOc1ccc(/C=c2/sc3nc(-c4ccccc4)nn3c2=O)cc1OC. The van der Waals surface area contributed by atoms with Crippen LogP contribution in [-0.2, 0) is 0 Å². The number of methoxy groups -OCH3 is 1. The number of fused-ring (bicyclic) bond motifs is 1. The topological polar surface area (TPSA) is 65.7 Å². The molecule has 0 atom stereocenters. The molecule has 4 aromatic rings. The molecule has 0 N–H and O–H groups in total. The summed E-state index contributed by atoms with van der Waals surface area (Å²) in [5.74, 6) is 1.92. The predicted octanol–water partition coefficient (Wildman–Crippen LogP) is 3.94. The molecule has 0 spiro atoms. The fraction of sp³-hybridized carbons (Fsp3) is 0.261.